The van der Waals surface area contributed by atoms with Crippen LogP contribution in [-0.2, 0) is 10.3 Å². The van der Waals surface area contributed by atoms with Gasteiger partial charge in [-0.2, -0.15) is 0 Å². The molecule has 1 atom stereocenters. The molecule has 0 radical (unpaired) electrons. The summed E-state index contributed by atoms with van der Waals surface area (Å²) < 4.78 is 0. The molecule has 0 spiro atoms. The Bertz CT molecular complexity index is 626. The molecule has 3 N–H and O–H groups in total. The molecule has 1 amide bonds. The standard InChI is InChI=1S/C19H22N2O.ClH/c20-17(15-8-3-1-4-9-15)14-18(22)21-19(12-7-13-19)16-10-5-2-6-11-16;/h1-6,8-11,17H,7,12-14,20H2,(H,21,22);1H. The van der Waals surface area contributed by atoms with Gasteiger partial charge in [-0.25, -0.2) is 0 Å². The summed E-state index contributed by atoms with van der Waals surface area (Å²) in [4.78, 5) is 12.4. The molecule has 0 bridgehead atoms. The maximum Gasteiger partial charge on any atom is 0.222 e. The average molecular weight is 331 g/mol. The van der Waals surface area contributed by atoms with Crippen molar-refractivity contribution >= 4 is 18.3 Å². The van der Waals surface area contributed by atoms with Crippen molar-refractivity contribution < 1.29 is 4.79 Å². The number of nitrogens with two attached hydrogens (primary N) is 1. The second-order valence-electron chi connectivity index (χ2n) is 6.07. The molecule has 3 rings (SSSR count). The fraction of sp³-hybridized carbons (Fsp3) is 0.316. The molecule has 1 fully saturated rings. The van der Waals surface area contributed by atoms with Crippen molar-refractivity contribution in [2.24, 2.45) is 5.73 Å². The number of hydrogen-bond donors (Lipinski definition) is 2. The Hall–Kier alpha value is -1.84. The summed E-state index contributed by atoms with van der Waals surface area (Å²) in [6, 6.07) is 19.8. The van der Waals surface area contributed by atoms with Crippen molar-refractivity contribution in [1.29, 1.82) is 0 Å². The Morgan fingerprint density at radius 1 is 1.04 bits per heavy atom. The lowest BCUT2D eigenvalue weighted by Gasteiger charge is -2.43. The van der Waals surface area contributed by atoms with Gasteiger partial charge in [0, 0.05) is 12.5 Å². The molecule has 4 heteroatoms. The highest BCUT2D eigenvalue weighted by atomic mass is 35.5. The van der Waals surface area contributed by atoms with Crippen LogP contribution in [0.15, 0.2) is 60.7 Å². The van der Waals surface area contributed by atoms with Crippen molar-refractivity contribution in [2.45, 2.75) is 37.3 Å². The summed E-state index contributed by atoms with van der Waals surface area (Å²) in [6.07, 6.45) is 3.48. The normalized spacial score (nSPS) is 16.6. The van der Waals surface area contributed by atoms with Crippen LogP contribution < -0.4 is 11.1 Å². The largest absolute Gasteiger partial charge is 0.347 e. The zero-order chi connectivity index (χ0) is 15.4. The SMILES string of the molecule is Cl.NC(CC(=O)NC1(c2ccccc2)CCC1)c1ccccc1. The van der Waals surface area contributed by atoms with Crippen molar-refractivity contribution in [3.05, 3.63) is 71.8 Å². The van der Waals surface area contributed by atoms with Crippen LogP contribution in [0.25, 0.3) is 0 Å². The lowest BCUT2D eigenvalue weighted by molar-refractivity contribution is -0.124. The fourth-order valence-electron chi connectivity index (χ4n) is 3.11. The van der Waals surface area contributed by atoms with E-state index < -0.39 is 0 Å². The topological polar surface area (TPSA) is 55.1 Å². The Morgan fingerprint density at radius 2 is 1.61 bits per heavy atom. The van der Waals surface area contributed by atoms with E-state index in [-0.39, 0.29) is 29.9 Å². The van der Waals surface area contributed by atoms with Crippen LogP contribution in [0.5, 0.6) is 0 Å². The number of amides is 1. The van der Waals surface area contributed by atoms with Crippen molar-refractivity contribution in [2.75, 3.05) is 0 Å². The number of nitrogens with one attached hydrogen (secondary N) is 1. The van der Waals surface area contributed by atoms with E-state index in [1.807, 2.05) is 48.5 Å². The van der Waals surface area contributed by atoms with E-state index in [1.54, 1.807) is 0 Å². The highest BCUT2D eigenvalue weighted by Crippen LogP contribution is 2.41. The summed E-state index contributed by atoms with van der Waals surface area (Å²) in [7, 11) is 0. The van der Waals surface area contributed by atoms with E-state index in [1.165, 1.54) is 5.56 Å². The van der Waals surface area contributed by atoms with Crippen LogP contribution in [0, 0.1) is 0 Å². The predicted octanol–water partition coefficient (Wildman–Crippen LogP) is 3.69. The Morgan fingerprint density at radius 3 is 2.13 bits per heavy atom. The predicted molar refractivity (Wildman–Crippen MR) is 95.3 cm³/mol. The molecular formula is C19H23ClN2O. The Kier molecular flexibility index (Phi) is 5.80. The molecule has 122 valence electrons. The summed E-state index contributed by atoms with van der Waals surface area (Å²) in [6.45, 7) is 0. The Balaban J connectivity index is 0.00000192. The van der Waals surface area contributed by atoms with Crippen LogP contribution in [0.3, 0.4) is 0 Å². The molecule has 2 aromatic carbocycles. The molecular weight excluding hydrogens is 308 g/mol. The lowest BCUT2D eigenvalue weighted by atomic mass is 9.71. The first-order valence-corrected chi connectivity index (χ1v) is 7.87. The van der Waals surface area contributed by atoms with Gasteiger partial charge in [-0.3, -0.25) is 4.79 Å². The van der Waals surface area contributed by atoms with Crippen molar-refractivity contribution in [1.82, 2.24) is 5.32 Å². The molecule has 1 unspecified atom stereocenters. The minimum absolute atomic E-state index is 0. The van der Waals surface area contributed by atoms with E-state index in [0.29, 0.717) is 6.42 Å². The monoisotopic (exact) mass is 330 g/mol. The number of carbonyl (C=O) groups is 1. The van der Waals surface area contributed by atoms with E-state index >= 15 is 0 Å². The molecule has 1 aliphatic rings. The van der Waals surface area contributed by atoms with Crippen LogP contribution >= 0.6 is 12.4 Å². The number of rotatable bonds is 5. The first-order chi connectivity index (χ1) is 10.7. The van der Waals surface area contributed by atoms with Gasteiger partial charge in [0.25, 0.3) is 0 Å². The second kappa shape index (κ2) is 7.62. The van der Waals surface area contributed by atoms with Gasteiger partial charge in [0.15, 0.2) is 0 Å². The van der Waals surface area contributed by atoms with E-state index in [0.717, 1.165) is 24.8 Å². The summed E-state index contributed by atoms with van der Waals surface area (Å²) in [5.41, 5.74) is 8.16. The van der Waals surface area contributed by atoms with Crippen LogP contribution in [0.2, 0.25) is 0 Å². The third-order valence-electron chi connectivity index (χ3n) is 4.55. The maximum absolute atomic E-state index is 12.4. The average Bonchev–Trinajstić information content (AvgIpc) is 2.52. The van der Waals surface area contributed by atoms with Gasteiger partial charge >= 0.3 is 0 Å². The number of hydrogen-bond acceptors (Lipinski definition) is 2. The first kappa shape index (κ1) is 17.5. The Labute approximate surface area is 143 Å². The first-order valence-electron chi connectivity index (χ1n) is 7.87. The van der Waals surface area contributed by atoms with Crippen molar-refractivity contribution in [3.63, 3.8) is 0 Å². The van der Waals surface area contributed by atoms with E-state index in [4.69, 9.17) is 5.73 Å². The van der Waals surface area contributed by atoms with E-state index in [9.17, 15) is 4.79 Å². The smallest absolute Gasteiger partial charge is 0.222 e. The van der Waals surface area contributed by atoms with Gasteiger partial charge in [0.1, 0.15) is 0 Å². The fourth-order valence-corrected chi connectivity index (χ4v) is 3.11. The molecule has 1 aliphatic carbocycles. The van der Waals surface area contributed by atoms with Gasteiger partial charge in [-0.05, 0) is 30.4 Å². The summed E-state index contributed by atoms with van der Waals surface area (Å²) in [5.74, 6) is 0.0277. The van der Waals surface area contributed by atoms with Gasteiger partial charge in [0.2, 0.25) is 5.91 Å². The zero-order valence-corrected chi connectivity index (χ0v) is 13.9. The highest BCUT2D eigenvalue weighted by molar-refractivity contribution is 5.85. The maximum atomic E-state index is 12.4. The minimum atomic E-state index is -0.255. The molecule has 1 saturated carbocycles. The van der Waals surface area contributed by atoms with Gasteiger partial charge in [-0.15, -0.1) is 12.4 Å². The molecule has 0 saturated heterocycles. The number of halogens is 1. The van der Waals surface area contributed by atoms with E-state index in [2.05, 4.69) is 17.4 Å². The lowest BCUT2D eigenvalue weighted by Crippen LogP contribution is -2.51. The molecule has 2 aromatic rings. The third-order valence-corrected chi connectivity index (χ3v) is 4.55. The highest BCUT2D eigenvalue weighted by Gasteiger charge is 2.39. The van der Waals surface area contributed by atoms with Crippen LogP contribution in [0.4, 0.5) is 0 Å². The van der Waals surface area contributed by atoms with Gasteiger partial charge < -0.3 is 11.1 Å². The molecule has 3 nitrogen and oxygen atoms in total. The van der Waals surface area contributed by atoms with Gasteiger partial charge in [0.05, 0.1) is 5.54 Å². The molecule has 0 heterocycles. The molecule has 0 aliphatic heterocycles. The number of carbonyl (C=O) groups excluding carboxylic acids is 1. The quantitative estimate of drug-likeness (QED) is 0.878. The second-order valence-corrected chi connectivity index (χ2v) is 6.07. The summed E-state index contributed by atoms with van der Waals surface area (Å²) >= 11 is 0. The minimum Gasteiger partial charge on any atom is -0.347 e. The van der Waals surface area contributed by atoms with Crippen LogP contribution in [0.1, 0.15) is 42.9 Å². The van der Waals surface area contributed by atoms with Crippen molar-refractivity contribution in [3.8, 4) is 0 Å². The zero-order valence-electron chi connectivity index (χ0n) is 13.1. The van der Waals surface area contributed by atoms with Crippen LogP contribution in [-0.4, -0.2) is 5.91 Å². The van der Waals surface area contributed by atoms with Gasteiger partial charge in [-0.1, -0.05) is 60.7 Å². The number of benzene rings is 2. The third kappa shape index (κ3) is 3.92. The molecule has 23 heavy (non-hydrogen) atoms. The molecule has 0 aromatic heterocycles. The summed E-state index contributed by atoms with van der Waals surface area (Å²) in [5, 5.41) is 3.23.